The maximum atomic E-state index is 6.05. The average molecular weight is 296 g/mol. The molecule has 4 heteroatoms. The van der Waals surface area contributed by atoms with Crippen molar-refractivity contribution in [3.05, 3.63) is 22.7 Å². The van der Waals surface area contributed by atoms with E-state index in [1.165, 1.54) is 31.6 Å². The van der Waals surface area contributed by atoms with Crippen LogP contribution in [0.1, 0.15) is 12.8 Å². The van der Waals surface area contributed by atoms with Crippen LogP contribution in [-0.2, 0) is 0 Å². The fourth-order valence-corrected chi connectivity index (χ4v) is 2.91. The Morgan fingerprint density at radius 1 is 1.12 bits per heavy atom. The Kier molecular flexibility index (Phi) is 3.01. The minimum Gasteiger partial charge on any atom is -0.397 e. The molecule has 1 saturated heterocycles. The molecule has 1 heterocycles. The van der Waals surface area contributed by atoms with E-state index in [4.69, 9.17) is 5.73 Å². The standard InChI is InChI=1S/C13H18BrN3/c14-10-1-4-12(15)13(9-10)17-7-5-16(6-8-17)11-2-3-11/h1,4,9,11H,2-3,5-8,15H2. The summed E-state index contributed by atoms with van der Waals surface area (Å²) in [4.78, 5) is 5.02. The third-order valence-corrected chi connectivity index (χ3v) is 4.20. The van der Waals surface area contributed by atoms with Crippen LogP contribution in [-0.4, -0.2) is 37.1 Å². The molecule has 2 N–H and O–H groups in total. The fourth-order valence-electron chi connectivity index (χ4n) is 2.56. The molecule has 0 spiro atoms. The number of benzene rings is 1. The number of hydrogen-bond donors (Lipinski definition) is 1. The van der Waals surface area contributed by atoms with E-state index in [0.717, 1.165) is 29.3 Å². The number of nitrogen functional groups attached to an aromatic ring is 1. The van der Waals surface area contributed by atoms with Crippen molar-refractivity contribution < 1.29 is 0 Å². The highest BCUT2D eigenvalue weighted by Crippen LogP contribution is 2.31. The van der Waals surface area contributed by atoms with Crippen molar-refractivity contribution in [3.63, 3.8) is 0 Å². The first kappa shape index (κ1) is 11.4. The highest BCUT2D eigenvalue weighted by atomic mass is 79.9. The van der Waals surface area contributed by atoms with E-state index in [1.54, 1.807) is 0 Å². The molecule has 3 nitrogen and oxygen atoms in total. The first-order valence-electron chi connectivity index (χ1n) is 6.28. The second kappa shape index (κ2) is 4.50. The van der Waals surface area contributed by atoms with Crippen LogP contribution in [0.15, 0.2) is 22.7 Å². The molecule has 0 unspecified atom stereocenters. The second-order valence-electron chi connectivity index (χ2n) is 4.96. The summed E-state index contributed by atoms with van der Waals surface area (Å²) >= 11 is 3.52. The van der Waals surface area contributed by atoms with Gasteiger partial charge in [0.25, 0.3) is 0 Å². The van der Waals surface area contributed by atoms with Gasteiger partial charge in [0, 0.05) is 36.7 Å². The van der Waals surface area contributed by atoms with Gasteiger partial charge in [-0.3, -0.25) is 4.90 Å². The number of anilines is 2. The normalized spacial score (nSPS) is 21.8. The molecule has 0 bridgehead atoms. The van der Waals surface area contributed by atoms with Crippen molar-refractivity contribution in [1.82, 2.24) is 4.90 Å². The molecule has 1 aromatic rings. The number of hydrogen-bond acceptors (Lipinski definition) is 3. The first-order valence-corrected chi connectivity index (χ1v) is 7.07. The average Bonchev–Trinajstić information content (AvgIpc) is 3.17. The minimum atomic E-state index is 0.882. The van der Waals surface area contributed by atoms with Crippen molar-refractivity contribution in [1.29, 1.82) is 0 Å². The quantitative estimate of drug-likeness (QED) is 0.850. The van der Waals surface area contributed by atoms with Gasteiger partial charge in [0.05, 0.1) is 11.4 Å². The van der Waals surface area contributed by atoms with Crippen LogP contribution in [0.5, 0.6) is 0 Å². The van der Waals surface area contributed by atoms with Gasteiger partial charge in [-0.2, -0.15) is 0 Å². The van der Waals surface area contributed by atoms with Gasteiger partial charge in [0.1, 0.15) is 0 Å². The summed E-state index contributed by atoms with van der Waals surface area (Å²) in [5, 5.41) is 0. The van der Waals surface area contributed by atoms with E-state index < -0.39 is 0 Å². The fraction of sp³-hybridized carbons (Fsp3) is 0.538. The molecule has 1 aliphatic heterocycles. The zero-order valence-corrected chi connectivity index (χ0v) is 11.5. The van der Waals surface area contributed by atoms with Crippen LogP contribution in [0.2, 0.25) is 0 Å². The zero-order chi connectivity index (χ0) is 11.8. The molecule has 1 saturated carbocycles. The van der Waals surface area contributed by atoms with Crippen LogP contribution in [0.4, 0.5) is 11.4 Å². The summed E-state index contributed by atoms with van der Waals surface area (Å²) in [6.07, 6.45) is 2.80. The lowest BCUT2D eigenvalue weighted by atomic mass is 10.2. The van der Waals surface area contributed by atoms with Gasteiger partial charge in [-0.15, -0.1) is 0 Å². The van der Waals surface area contributed by atoms with Crippen molar-refractivity contribution in [2.45, 2.75) is 18.9 Å². The third-order valence-electron chi connectivity index (χ3n) is 3.71. The molecule has 17 heavy (non-hydrogen) atoms. The summed E-state index contributed by atoms with van der Waals surface area (Å²) in [6.45, 7) is 4.54. The molecular weight excluding hydrogens is 278 g/mol. The van der Waals surface area contributed by atoms with E-state index in [9.17, 15) is 0 Å². The van der Waals surface area contributed by atoms with E-state index in [0.29, 0.717) is 0 Å². The van der Waals surface area contributed by atoms with Gasteiger partial charge in [-0.25, -0.2) is 0 Å². The Bertz CT molecular complexity index is 409. The molecule has 1 aliphatic carbocycles. The highest BCUT2D eigenvalue weighted by Gasteiger charge is 2.31. The molecular formula is C13H18BrN3. The summed E-state index contributed by atoms with van der Waals surface area (Å²) in [5.74, 6) is 0. The molecule has 0 atom stereocenters. The Morgan fingerprint density at radius 3 is 2.47 bits per heavy atom. The monoisotopic (exact) mass is 295 g/mol. The number of halogens is 1. The predicted molar refractivity (Wildman–Crippen MR) is 75.4 cm³/mol. The minimum absolute atomic E-state index is 0.882. The van der Waals surface area contributed by atoms with Gasteiger partial charge in [0.15, 0.2) is 0 Å². The Labute approximate surface area is 111 Å². The van der Waals surface area contributed by atoms with Crippen molar-refractivity contribution in [2.24, 2.45) is 0 Å². The van der Waals surface area contributed by atoms with Crippen LogP contribution < -0.4 is 10.6 Å². The van der Waals surface area contributed by atoms with Crippen LogP contribution in [0, 0.1) is 0 Å². The van der Waals surface area contributed by atoms with Gasteiger partial charge < -0.3 is 10.6 Å². The van der Waals surface area contributed by atoms with Crippen molar-refractivity contribution >= 4 is 27.3 Å². The van der Waals surface area contributed by atoms with Crippen molar-refractivity contribution in [3.8, 4) is 0 Å². The number of rotatable bonds is 2. The molecule has 1 aromatic carbocycles. The number of nitrogens with two attached hydrogens (primary N) is 1. The van der Waals surface area contributed by atoms with Gasteiger partial charge in [0.2, 0.25) is 0 Å². The smallest absolute Gasteiger partial charge is 0.0612 e. The molecule has 0 radical (unpaired) electrons. The number of nitrogens with zero attached hydrogens (tertiary/aromatic N) is 2. The maximum Gasteiger partial charge on any atom is 0.0612 e. The lowest BCUT2D eigenvalue weighted by Gasteiger charge is -2.36. The molecule has 92 valence electrons. The maximum absolute atomic E-state index is 6.05. The van der Waals surface area contributed by atoms with Gasteiger partial charge in [-0.1, -0.05) is 15.9 Å². The SMILES string of the molecule is Nc1ccc(Br)cc1N1CCN(C2CC2)CC1. The van der Waals surface area contributed by atoms with Crippen LogP contribution in [0.25, 0.3) is 0 Å². The van der Waals surface area contributed by atoms with Crippen molar-refractivity contribution in [2.75, 3.05) is 36.8 Å². The topological polar surface area (TPSA) is 32.5 Å². The molecule has 0 aromatic heterocycles. The third kappa shape index (κ3) is 2.43. The Hall–Kier alpha value is -0.740. The lowest BCUT2D eigenvalue weighted by molar-refractivity contribution is 0.248. The highest BCUT2D eigenvalue weighted by molar-refractivity contribution is 9.10. The van der Waals surface area contributed by atoms with E-state index in [-0.39, 0.29) is 0 Å². The molecule has 2 aliphatic rings. The van der Waals surface area contributed by atoms with E-state index in [2.05, 4.69) is 31.8 Å². The predicted octanol–water partition coefficient (Wildman–Crippen LogP) is 2.32. The molecule has 2 fully saturated rings. The molecule has 3 rings (SSSR count). The van der Waals surface area contributed by atoms with E-state index >= 15 is 0 Å². The van der Waals surface area contributed by atoms with Gasteiger partial charge in [-0.05, 0) is 31.0 Å². The van der Waals surface area contributed by atoms with Crippen LogP contribution in [0.3, 0.4) is 0 Å². The summed E-state index contributed by atoms with van der Waals surface area (Å²) in [7, 11) is 0. The van der Waals surface area contributed by atoms with Gasteiger partial charge >= 0.3 is 0 Å². The Morgan fingerprint density at radius 2 is 1.82 bits per heavy atom. The van der Waals surface area contributed by atoms with Crippen LogP contribution >= 0.6 is 15.9 Å². The Balaban J connectivity index is 1.70. The summed E-state index contributed by atoms with van der Waals surface area (Å²) in [6, 6.07) is 6.99. The summed E-state index contributed by atoms with van der Waals surface area (Å²) in [5.41, 5.74) is 8.11. The first-order chi connectivity index (χ1) is 8.24. The zero-order valence-electron chi connectivity index (χ0n) is 9.90. The lowest BCUT2D eigenvalue weighted by Crippen LogP contribution is -2.47. The number of piperazine rings is 1. The second-order valence-corrected chi connectivity index (χ2v) is 5.87. The molecule has 0 amide bonds. The van der Waals surface area contributed by atoms with E-state index in [1.807, 2.05) is 12.1 Å². The summed E-state index contributed by atoms with van der Waals surface area (Å²) < 4.78 is 1.10. The largest absolute Gasteiger partial charge is 0.397 e.